The van der Waals surface area contributed by atoms with Gasteiger partial charge in [-0.1, -0.05) is 42.5 Å². The summed E-state index contributed by atoms with van der Waals surface area (Å²) < 4.78 is 24.8. The Morgan fingerprint density at radius 1 is 0.868 bits per heavy atom. The normalized spacial score (nSPS) is 10.9. The molecule has 0 saturated heterocycles. The molecule has 0 aliphatic heterocycles. The summed E-state index contributed by atoms with van der Waals surface area (Å²) in [5, 5.41) is 8.88. The van der Waals surface area contributed by atoms with E-state index in [0.29, 0.717) is 36.0 Å². The molecule has 4 rings (SSSR count). The molecule has 0 unspecified atom stereocenters. The van der Waals surface area contributed by atoms with E-state index >= 15 is 0 Å². The second-order valence-corrected chi connectivity index (χ2v) is 8.41. The number of anilines is 1. The van der Waals surface area contributed by atoms with Gasteiger partial charge >= 0.3 is 0 Å². The molecule has 2 N–H and O–H groups in total. The fourth-order valence-electron chi connectivity index (χ4n) is 3.78. The van der Waals surface area contributed by atoms with Crippen molar-refractivity contribution in [3.63, 3.8) is 0 Å². The number of nitrogens with zero attached hydrogens (tertiary/aromatic N) is 1. The van der Waals surface area contributed by atoms with Crippen molar-refractivity contribution < 1.29 is 23.5 Å². The zero-order valence-corrected chi connectivity index (χ0v) is 20.9. The Bertz CT molecular complexity index is 1430. The van der Waals surface area contributed by atoms with Crippen LogP contribution in [0.15, 0.2) is 90.0 Å². The number of carbonyl (C=O) groups is 2. The van der Waals surface area contributed by atoms with Crippen molar-refractivity contribution >= 4 is 34.5 Å². The van der Waals surface area contributed by atoms with Gasteiger partial charge in [0.1, 0.15) is 12.4 Å². The highest BCUT2D eigenvalue weighted by atomic mass is 19.1. The highest BCUT2D eigenvalue weighted by Crippen LogP contribution is 2.30. The van der Waals surface area contributed by atoms with Crippen LogP contribution in [-0.4, -0.2) is 24.6 Å². The standard InChI is InChI=1S/C30H28FN3O4/c1-2-37-28-18-21(10-15-27(28)38-20-23-8-5-7-22-6-3-4-9-26(22)23)19-32-34-30(36)17-16-29(35)33-25-13-11-24(31)12-14-25/h3-15,18-19H,2,16-17,20H2,1H3,(H,33,35)(H,34,36). The third-order valence-corrected chi connectivity index (χ3v) is 5.64. The molecule has 0 spiro atoms. The lowest BCUT2D eigenvalue weighted by molar-refractivity contribution is -0.124. The van der Waals surface area contributed by atoms with Gasteiger partial charge in [0.2, 0.25) is 11.8 Å². The van der Waals surface area contributed by atoms with Crippen molar-refractivity contribution in [2.24, 2.45) is 5.10 Å². The van der Waals surface area contributed by atoms with Gasteiger partial charge in [-0.25, -0.2) is 9.82 Å². The van der Waals surface area contributed by atoms with Gasteiger partial charge in [-0.05, 0) is 71.3 Å². The second kappa shape index (κ2) is 13.0. The lowest BCUT2D eigenvalue weighted by Gasteiger charge is -2.13. The molecule has 38 heavy (non-hydrogen) atoms. The number of hydrogen-bond acceptors (Lipinski definition) is 5. The number of rotatable bonds is 11. The van der Waals surface area contributed by atoms with Crippen molar-refractivity contribution in [1.29, 1.82) is 0 Å². The summed E-state index contributed by atoms with van der Waals surface area (Å²) in [7, 11) is 0. The molecular formula is C30H28FN3O4. The molecule has 0 fully saturated rings. The first-order chi connectivity index (χ1) is 18.5. The van der Waals surface area contributed by atoms with Crippen LogP contribution in [0.4, 0.5) is 10.1 Å². The van der Waals surface area contributed by atoms with Crippen LogP contribution in [0.2, 0.25) is 0 Å². The fraction of sp³-hybridized carbons (Fsp3) is 0.167. The Balaban J connectivity index is 1.30. The Morgan fingerprint density at radius 2 is 1.63 bits per heavy atom. The molecule has 0 radical (unpaired) electrons. The minimum Gasteiger partial charge on any atom is -0.490 e. The maximum absolute atomic E-state index is 13.0. The van der Waals surface area contributed by atoms with E-state index in [1.807, 2.05) is 37.3 Å². The summed E-state index contributed by atoms with van der Waals surface area (Å²) in [5.41, 5.74) is 4.66. The summed E-state index contributed by atoms with van der Waals surface area (Å²) in [6.07, 6.45) is 1.42. The smallest absolute Gasteiger partial charge is 0.240 e. The third-order valence-electron chi connectivity index (χ3n) is 5.64. The first-order valence-electron chi connectivity index (χ1n) is 12.3. The Morgan fingerprint density at radius 3 is 2.45 bits per heavy atom. The van der Waals surface area contributed by atoms with E-state index in [1.54, 1.807) is 12.1 Å². The number of halogens is 1. The van der Waals surface area contributed by atoms with Crippen LogP contribution < -0.4 is 20.2 Å². The molecule has 0 aliphatic rings. The lowest BCUT2D eigenvalue weighted by atomic mass is 10.1. The van der Waals surface area contributed by atoms with Crippen molar-refractivity contribution in [2.75, 3.05) is 11.9 Å². The van der Waals surface area contributed by atoms with E-state index in [1.165, 1.54) is 30.5 Å². The predicted octanol–water partition coefficient (Wildman–Crippen LogP) is 5.83. The van der Waals surface area contributed by atoms with Crippen molar-refractivity contribution in [2.45, 2.75) is 26.4 Å². The number of benzene rings is 4. The van der Waals surface area contributed by atoms with E-state index in [2.05, 4.69) is 34.0 Å². The Kier molecular flexibility index (Phi) is 9.02. The number of fused-ring (bicyclic) bond motifs is 1. The quantitative estimate of drug-likeness (QED) is 0.195. The van der Waals surface area contributed by atoms with Crippen LogP contribution in [0.5, 0.6) is 11.5 Å². The molecule has 0 aromatic heterocycles. The summed E-state index contributed by atoms with van der Waals surface area (Å²) in [4.78, 5) is 24.1. The molecule has 0 heterocycles. The van der Waals surface area contributed by atoms with Gasteiger partial charge in [0.05, 0.1) is 12.8 Å². The lowest BCUT2D eigenvalue weighted by Crippen LogP contribution is -2.20. The van der Waals surface area contributed by atoms with Crippen LogP contribution >= 0.6 is 0 Å². The topological polar surface area (TPSA) is 89.0 Å². The molecule has 8 heteroatoms. The molecular weight excluding hydrogens is 485 g/mol. The van der Waals surface area contributed by atoms with Gasteiger partial charge in [0.15, 0.2) is 11.5 Å². The number of hydrazone groups is 1. The first-order valence-corrected chi connectivity index (χ1v) is 12.3. The summed E-state index contributed by atoms with van der Waals surface area (Å²) in [6, 6.07) is 25.1. The minimum absolute atomic E-state index is 0.0318. The Labute approximate surface area is 220 Å². The summed E-state index contributed by atoms with van der Waals surface area (Å²) >= 11 is 0. The van der Waals surface area contributed by atoms with E-state index in [0.717, 1.165) is 16.3 Å². The van der Waals surface area contributed by atoms with E-state index < -0.39 is 11.7 Å². The van der Waals surface area contributed by atoms with Gasteiger partial charge in [-0.15, -0.1) is 0 Å². The second-order valence-electron chi connectivity index (χ2n) is 8.41. The molecule has 4 aromatic carbocycles. The maximum Gasteiger partial charge on any atom is 0.240 e. The molecule has 4 aromatic rings. The number of ether oxygens (including phenoxy) is 2. The zero-order chi connectivity index (χ0) is 26.7. The molecule has 0 bridgehead atoms. The Hall–Kier alpha value is -4.72. The first kappa shape index (κ1) is 26.3. The molecule has 7 nitrogen and oxygen atoms in total. The van der Waals surface area contributed by atoms with Crippen LogP contribution in [0, 0.1) is 5.82 Å². The number of amides is 2. The van der Waals surface area contributed by atoms with Crippen LogP contribution in [0.1, 0.15) is 30.9 Å². The summed E-state index contributed by atoms with van der Waals surface area (Å²) in [5.74, 6) is 0.0251. The molecule has 0 atom stereocenters. The van der Waals surface area contributed by atoms with E-state index in [-0.39, 0.29) is 18.7 Å². The highest BCUT2D eigenvalue weighted by molar-refractivity contribution is 5.93. The SMILES string of the molecule is CCOc1cc(C=NNC(=O)CCC(=O)Nc2ccc(F)cc2)ccc1OCc1cccc2ccccc12. The highest BCUT2D eigenvalue weighted by Gasteiger charge is 2.09. The maximum atomic E-state index is 13.0. The van der Waals surface area contributed by atoms with Gasteiger partial charge in [0, 0.05) is 18.5 Å². The van der Waals surface area contributed by atoms with Crippen LogP contribution in [-0.2, 0) is 16.2 Å². The number of hydrogen-bond donors (Lipinski definition) is 2. The van der Waals surface area contributed by atoms with Crippen molar-refractivity contribution in [3.8, 4) is 11.5 Å². The van der Waals surface area contributed by atoms with Gasteiger partial charge in [-0.2, -0.15) is 5.10 Å². The van der Waals surface area contributed by atoms with Crippen molar-refractivity contribution in [1.82, 2.24) is 5.43 Å². The van der Waals surface area contributed by atoms with Gasteiger partial charge in [0.25, 0.3) is 0 Å². The average molecular weight is 514 g/mol. The third kappa shape index (κ3) is 7.39. The van der Waals surface area contributed by atoms with Crippen molar-refractivity contribution in [3.05, 3.63) is 102 Å². The van der Waals surface area contributed by atoms with E-state index in [4.69, 9.17) is 9.47 Å². The number of carbonyl (C=O) groups excluding carboxylic acids is 2. The molecule has 0 saturated carbocycles. The van der Waals surface area contributed by atoms with Gasteiger partial charge in [-0.3, -0.25) is 9.59 Å². The van der Waals surface area contributed by atoms with Gasteiger partial charge < -0.3 is 14.8 Å². The molecule has 2 amide bonds. The predicted molar refractivity (Wildman–Crippen MR) is 146 cm³/mol. The molecule has 194 valence electrons. The zero-order valence-electron chi connectivity index (χ0n) is 20.9. The van der Waals surface area contributed by atoms with Crippen LogP contribution in [0.25, 0.3) is 10.8 Å². The summed E-state index contributed by atoms with van der Waals surface area (Å²) in [6.45, 7) is 2.74. The minimum atomic E-state index is -0.407. The molecule has 0 aliphatic carbocycles. The van der Waals surface area contributed by atoms with E-state index in [9.17, 15) is 14.0 Å². The van der Waals surface area contributed by atoms with Crippen LogP contribution in [0.3, 0.4) is 0 Å². The monoisotopic (exact) mass is 513 g/mol. The fourth-order valence-corrected chi connectivity index (χ4v) is 3.78. The number of nitrogens with one attached hydrogen (secondary N) is 2. The average Bonchev–Trinajstić information content (AvgIpc) is 2.93. The largest absolute Gasteiger partial charge is 0.490 e.